The maximum absolute atomic E-state index is 13.8. The minimum atomic E-state index is -0.0110. The molecule has 3 aromatic rings. The van der Waals surface area contributed by atoms with Crippen LogP contribution < -0.4 is 4.90 Å². The Morgan fingerprint density at radius 1 is 1.07 bits per heavy atom. The predicted molar refractivity (Wildman–Crippen MR) is 164 cm³/mol. The minimum absolute atomic E-state index is 0.0110. The van der Waals surface area contributed by atoms with Crippen molar-refractivity contribution < 1.29 is 9.59 Å². The smallest absolute Gasteiger partial charge is 0.258 e. The molecule has 1 aromatic heterocycles. The highest BCUT2D eigenvalue weighted by molar-refractivity contribution is 6.06. The quantitative estimate of drug-likeness (QED) is 0.356. The van der Waals surface area contributed by atoms with Gasteiger partial charge in [0.1, 0.15) is 0 Å². The average Bonchev–Trinajstić information content (AvgIpc) is 3.22. The Bertz CT molecular complexity index is 1370. The fourth-order valence-corrected chi connectivity index (χ4v) is 6.40. The standard InChI is InChI=1S/C34H45N5O2/c1-5-6-17-36(3)23-26-15-18-38(19-16-26)33(40)14-13-27-11-12-29(20-25(27)2)34(41)39-24-30-22-35-37(4)32(30)21-28-9-7-8-10-31(28)39/h7-12,20,22,26H,5-6,13-19,21,23-24H2,1-4H3. The van der Waals surface area contributed by atoms with Gasteiger partial charge in [-0.25, -0.2) is 0 Å². The second kappa shape index (κ2) is 13.0. The van der Waals surface area contributed by atoms with Crippen LogP contribution in [0, 0.1) is 12.8 Å². The molecule has 7 heteroatoms. The summed E-state index contributed by atoms with van der Waals surface area (Å²) in [6, 6.07) is 14.1. The van der Waals surface area contributed by atoms with Gasteiger partial charge in [-0.05, 0) is 87.0 Å². The third-order valence-electron chi connectivity index (χ3n) is 8.99. The molecule has 5 rings (SSSR count). The molecule has 2 aliphatic rings. The zero-order valence-electron chi connectivity index (χ0n) is 25.2. The zero-order valence-corrected chi connectivity index (χ0v) is 25.2. The molecule has 3 heterocycles. The van der Waals surface area contributed by atoms with Crippen molar-refractivity contribution in [3.63, 3.8) is 0 Å². The number of rotatable bonds is 9. The topological polar surface area (TPSA) is 61.7 Å². The summed E-state index contributed by atoms with van der Waals surface area (Å²) < 4.78 is 1.91. The maximum Gasteiger partial charge on any atom is 0.258 e. The molecule has 2 aliphatic heterocycles. The molecule has 1 saturated heterocycles. The average molecular weight is 556 g/mol. The van der Waals surface area contributed by atoms with Crippen molar-refractivity contribution >= 4 is 17.5 Å². The van der Waals surface area contributed by atoms with Gasteiger partial charge in [-0.15, -0.1) is 0 Å². The van der Waals surface area contributed by atoms with Crippen molar-refractivity contribution in [1.82, 2.24) is 19.6 Å². The summed E-state index contributed by atoms with van der Waals surface area (Å²) in [5, 5.41) is 4.44. The number of aryl methyl sites for hydroxylation is 3. The van der Waals surface area contributed by atoms with Crippen LogP contribution in [0.3, 0.4) is 0 Å². The SMILES string of the molecule is CCCCN(C)CC1CCN(C(=O)CCc2ccc(C(=O)N3Cc4cnn(C)c4Cc4ccccc43)cc2C)CC1. The zero-order chi connectivity index (χ0) is 28.9. The molecule has 0 spiro atoms. The normalized spacial score (nSPS) is 15.5. The highest BCUT2D eigenvalue weighted by Crippen LogP contribution is 2.32. The summed E-state index contributed by atoms with van der Waals surface area (Å²) in [5.74, 6) is 0.924. The molecule has 218 valence electrons. The number of amides is 2. The molecule has 0 radical (unpaired) electrons. The van der Waals surface area contributed by atoms with Gasteiger partial charge in [0, 0.05) is 62.0 Å². The van der Waals surface area contributed by atoms with Crippen molar-refractivity contribution in [3.8, 4) is 0 Å². The van der Waals surface area contributed by atoms with Gasteiger partial charge in [0.25, 0.3) is 5.91 Å². The van der Waals surface area contributed by atoms with E-state index in [1.807, 2.05) is 66.1 Å². The molecule has 7 nitrogen and oxygen atoms in total. The van der Waals surface area contributed by atoms with E-state index in [1.165, 1.54) is 12.8 Å². The summed E-state index contributed by atoms with van der Waals surface area (Å²) >= 11 is 0. The molecule has 1 fully saturated rings. The first-order valence-electron chi connectivity index (χ1n) is 15.3. The Morgan fingerprint density at radius 2 is 1.85 bits per heavy atom. The van der Waals surface area contributed by atoms with Crippen molar-refractivity contribution in [2.75, 3.05) is 38.1 Å². The van der Waals surface area contributed by atoms with Gasteiger partial charge in [-0.2, -0.15) is 5.10 Å². The van der Waals surface area contributed by atoms with E-state index in [1.54, 1.807) is 0 Å². The molecule has 41 heavy (non-hydrogen) atoms. The van der Waals surface area contributed by atoms with E-state index in [0.717, 1.165) is 79.1 Å². The lowest BCUT2D eigenvalue weighted by Crippen LogP contribution is -2.41. The molecule has 0 atom stereocenters. The number of hydrogen-bond donors (Lipinski definition) is 0. The van der Waals surface area contributed by atoms with Gasteiger partial charge in [0.05, 0.1) is 12.7 Å². The van der Waals surface area contributed by atoms with Gasteiger partial charge in [-0.1, -0.05) is 37.6 Å². The van der Waals surface area contributed by atoms with Gasteiger partial charge >= 0.3 is 0 Å². The number of carbonyl (C=O) groups excluding carboxylic acids is 2. The molecular formula is C34H45N5O2. The lowest BCUT2D eigenvalue weighted by Gasteiger charge is -2.34. The Kier molecular flexibility index (Phi) is 9.23. The number of nitrogens with zero attached hydrogens (tertiary/aromatic N) is 5. The molecule has 0 saturated carbocycles. The fourth-order valence-electron chi connectivity index (χ4n) is 6.40. The number of carbonyl (C=O) groups is 2. The number of anilines is 1. The second-order valence-corrected chi connectivity index (χ2v) is 12.0. The molecule has 0 aliphatic carbocycles. The molecule has 2 aromatic carbocycles. The Labute approximate surface area is 245 Å². The van der Waals surface area contributed by atoms with Crippen LogP contribution in [0.25, 0.3) is 0 Å². The Morgan fingerprint density at radius 3 is 2.61 bits per heavy atom. The molecule has 2 amide bonds. The first-order valence-corrected chi connectivity index (χ1v) is 15.3. The lowest BCUT2D eigenvalue weighted by molar-refractivity contribution is -0.132. The number of piperidine rings is 1. The van der Waals surface area contributed by atoms with Crippen LogP contribution in [0.15, 0.2) is 48.7 Å². The van der Waals surface area contributed by atoms with E-state index in [9.17, 15) is 9.59 Å². The Hall–Kier alpha value is -3.45. The van der Waals surface area contributed by atoms with Crippen LogP contribution in [-0.4, -0.2) is 64.6 Å². The third-order valence-corrected chi connectivity index (χ3v) is 8.99. The van der Waals surface area contributed by atoms with E-state index < -0.39 is 0 Å². The molecule has 0 bridgehead atoms. The number of benzene rings is 2. The number of para-hydroxylation sites is 1. The van der Waals surface area contributed by atoms with E-state index in [4.69, 9.17) is 0 Å². The number of aromatic nitrogens is 2. The summed E-state index contributed by atoms with van der Waals surface area (Å²) in [6.45, 7) is 8.82. The molecular weight excluding hydrogens is 510 g/mol. The summed E-state index contributed by atoms with van der Waals surface area (Å²) in [5.41, 5.74) is 7.17. The van der Waals surface area contributed by atoms with Crippen LogP contribution in [0.1, 0.15) is 77.3 Å². The largest absolute Gasteiger partial charge is 0.343 e. The highest BCUT2D eigenvalue weighted by Gasteiger charge is 2.27. The predicted octanol–water partition coefficient (Wildman–Crippen LogP) is 5.38. The van der Waals surface area contributed by atoms with E-state index in [2.05, 4.69) is 34.9 Å². The van der Waals surface area contributed by atoms with Crippen molar-refractivity contribution in [2.45, 2.75) is 65.3 Å². The van der Waals surface area contributed by atoms with Gasteiger partial charge in [0.15, 0.2) is 0 Å². The van der Waals surface area contributed by atoms with Crippen molar-refractivity contribution in [2.24, 2.45) is 13.0 Å². The van der Waals surface area contributed by atoms with E-state index in [0.29, 0.717) is 30.9 Å². The first-order chi connectivity index (χ1) is 19.8. The summed E-state index contributed by atoms with van der Waals surface area (Å²) in [7, 11) is 4.18. The fraction of sp³-hybridized carbons (Fsp3) is 0.500. The van der Waals surface area contributed by atoms with E-state index in [-0.39, 0.29) is 11.8 Å². The minimum Gasteiger partial charge on any atom is -0.343 e. The number of unbranched alkanes of at least 4 members (excludes halogenated alkanes) is 1. The second-order valence-electron chi connectivity index (χ2n) is 12.0. The van der Waals surface area contributed by atoms with E-state index >= 15 is 0 Å². The van der Waals surface area contributed by atoms with Crippen LogP contribution in [0.2, 0.25) is 0 Å². The van der Waals surface area contributed by atoms with Crippen LogP contribution in [0.5, 0.6) is 0 Å². The summed E-state index contributed by atoms with van der Waals surface area (Å²) in [6.07, 6.45) is 8.52. The van der Waals surface area contributed by atoms with Crippen molar-refractivity contribution in [1.29, 1.82) is 0 Å². The van der Waals surface area contributed by atoms with Gasteiger partial charge < -0.3 is 14.7 Å². The Balaban J connectivity index is 1.19. The maximum atomic E-state index is 13.8. The number of likely N-dealkylation sites (tertiary alicyclic amines) is 1. The van der Waals surface area contributed by atoms with Gasteiger partial charge in [-0.3, -0.25) is 14.3 Å². The highest BCUT2D eigenvalue weighted by atomic mass is 16.2. The van der Waals surface area contributed by atoms with Crippen LogP contribution >= 0.6 is 0 Å². The lowest BCUT2D eigenvalue weighted by atomic mass is 9.95. The van der Waals surface area contributed by atoms with Crippen LogP contribution in [-0.2, 0) is 31.2 Å². The monoisotopic (exact) mass is 555 g/mol. The molecule has 0 N–H and O–H groups in total. The number of fused-ring (bicyclic) bond motifs is 2. The third kappa shape index (κ3) is 6.72. The van der Waals surface area contributed by atoms with Crippen LogP contribution in [0.4, 0.5) is 5.69 Å². The first kappa shape index (κ1) is 29.1. The van der Waals surface area contributed by atoms with Gasteiger partial charge in [0.2, 0.25) is 5.91 Å². The summed E-state index contributed by atoms with van der Waals surface area (Å²) in [4.78, 5) is 33.3. The molecule has 0 unspecified atom stereocenters. The van der Waals surface area contributed by atoms with Crippen molar-refractivity contribution in [3.05, 3.63) is 82.2 Å². The number of hydrogen-bond acceptors (Lipinski definition) is 4.